The van der Waals surface area contributed by atoms with E-state index in [9.17, 15) is 9.59 Å². The summed E-state index contributed by atoms with van der Waals surface area (Å²) in [6.07, 6.45) is 0. The topological polar surface area (TPSA) is 64.1 Å². The Labute approximate surface area is 102 Å². The Balaban J connectivity index is 2.40. The highest BCUT2D eigenvalue weighted by Crippen LogP contribution is 2.05. The summed E-state index contributed by atoms with van der Waals surface area (Å²) in [6.45, 7) is 7.91. The lowest BCUT2D eigenvalue weighted by Gasteiger charge is -2.36. The summed E-state index contributed by atoms with van der Waals surface area (Å²) in [5, 5.41) is 8.67. The standard InChI is InChI=1S/C11H21N3O3/c1-3-13(4-2)11(17)14-7-5-12(6-8-14)9-10(15)16/h3-9H2,1-2H3,(H,15,16). The van der Waals surface area contributed by atoms with E-state index in [1.165, 1.54) is 0 Å². The molecule has 0 saturated carbocycles. The highest BCUT2D eigenvalue weighted by Gasteiger charge is 2.24. The van der Waals surface area contributed by atoms with Gasteiger partial charge in [-0.25, -0.2) is 4.79 Å². The first-order valence-corrected chi connectivity index (χ1v) is 6.06. The summed E-state index contributed by atoms with van der Waals surface area (Å²) in [6, 6.07) is 0.0602. The maximum absolute atomic E-state index is 12.0. The number of nitrogens with zero attached hydrogens (tertiary/aromatic N) is 3. The van der Waals surface area contributed by atoms with E-state index in [2.05, 4.69) is 0 Å². The fraction of sp³-hybridized carbons (Fsp3) is 0.818. The first kappa shape index (κ1) is 13.8. The fourth-order valence-electron chi connectivity index (χ4n) is 1.98. The Morgan fingerprint density at radius 3 is 2.06 bits per heavy atom. The van der Waals surface area contributed by atoms with E-state index in [0.717, 1.165) is 0 Å². The van der Waals surface area contributed by atoms with Crippen molar-refractivity contribution in [1.29, 1.82) is 0 Å². The van der Waals surface area contributed by atoms with Crippen LogP contribution >= 0.6 is 0 Å². The third kappa shape index (κ3) is 3.89. The molecular weight excluding hydrogens is 222 g/mol. The lowest BCUT2D eigenvalue weighted by atomic mass is 10.3. The number of piperazine rings is 1. The van der Waals surface area contributed by atoms with Gasteiger partial charge < -0.3 is 14.9 Å². The minimum Gasteiger partial charge on any atom is -0.480 e. The molecule has 0 aromatic rings. The number of amides is 2. The molecule has 0 atom stereocenters. The molecule has 0 unspecified atom stereocenters. The molecule has 1 rings (SSSR count). The van der Waals surface area contributed by atoms with Crippen LogP contribution in [0.15, 0.2) is 0 Å². The van der Waals surface area contributed by atoms with Crippen LogP contribution in [0.2, 0.25) is 0 Å². The van der Waals surface area contributed by atoms with Crippen LogP contribution in [0.1, 0.15) is 13.8 Å². The molecule has 0 aliphatic carbocycles. The van der Waals surface area contributed by atoms with Crippen molar-refractivity contribution in [2.75, 3.05) is 45.8 Å². The molecule has 1 saturated heterocycles. The maximum atomic E-state index is 12.0. The molecule has 6 nitrogen and oxygen atoms in total. The van der Waals surface area contributed by atoms with E-state index < -0.39 is 5.97 Å². The Bertz CT molecular complexity index is 271. The molecule has 0 aromatic heterocycles. The predicted molar refractivity (Wildman–Crippen MR) is 64.0 cm³/mol. The average Bonchev–Trinajstić information content (AvgIpc) is 2.30. The molecule has 0 bridgehead atoms. The Morgan fingerprint density at radius 2 is 1.65 bits per heavy atom. The number of hydrogen-bond acceptors (Lipinski definition) is 3. The summed E-state index contributed by atoms with van der Waals surface area (Å²) < 4.78 is 0. The van der Waals surface area contributed by atoms with Crippen LogP contribution in [0.4, 0.5) is 4.79 Å². The molecule has 6 heteroatoms. The van der Waals surface area contributed by atoms with Gasteiger partial charge in [0.15, 0.2) is 0 Å². The average molecular weight is 243 g/mol. The molecular formula is C11H21N3O3. The lowest BCUT2D eigenvalue weighted by molar-refractivity contribution is -0.138. The molecule has 98 valence electrons. The van der Waals surface area contributed by atoms with Gasteiger partial charge in [-0.2, -0.15) is 0 Å². The first-order valence-electron chi connectivity index (χ1n) is 6.06. The second-order valence-corrected chi connectivity index (χ2v) is 4.11. The second kappa shape index (κ2) is 6.44. The molecule has 1 N–H and O–H groups in total. The zero-order valence-corrected chi connectivity index (χ0v) is 10.6. The number of carbonyl (C=O) groups is 2. The molecule has 17 heavy (non-hydrogen) atoms. The van der Waals surface area contributed by atoms with Crippen LogP contribution in [0.25, 0.3) is 0 Å². The summed E-state index contributed by atoms with van der Waals surface area (Å²) in [7, 11) is 0. The number of aliphatic carboxylic acids is 1. The molecule has 1 aliphatic heterocycles. The first-order chi connectivity index (χ1) is 8.08. The van der Waals surface area contributed by atoms with Gasteiger partial charge in [-0.05, 0) is 13.8 Å². The van der Waals surface area contributed by atoms with Crippen LogP contribution < -0.4 is 0 Å². The number of carboxylic acids is 1. The minimum atomic E-state index is -0.812. The number of urea groups is 1. The normalized spacial score (nSPS) is 16.9. The minimum absolute atomic E-state index is 0.0602. The van der Waals surface area contributed by atoms with Gasteiger partial charge in [0, 0.05) is 39.3 Å². The van der Waals surface area contributed by atoms with Gasteiger partial charge in [0.1, 0.15) is 0 Å². The van der Waals surface area contributed by atoms with Gasteiger partial charge in [0.2, 0.25) is 0 Å². The van der Waals surface area contributed by atoms with Crippen LogP contribution in [-0.4, -0.2) is 77.6 Å². The van der Waals surface area contributed by atoms with Crippen LogP contribution in [0.3, 0.4) is 0 Å². The van der Waals surface area contributed by atoms with E-state index in [1.807, 2.05) is 18.7 Å². The quantitative estimate of drug-likeness (QED) is 0.763. The van der Waals surface area contributed by atoms with Gasteiger partial charge in [-0.3, -0.25) is 9.69 Å². The number of rotatable bonds is 4. The molecule has 0 spiro atoms. The smallest absolute Gasteiger partial charge is 0.320 e. The summed E-state index contributed by atoms with van der Waals surface area (Å²) in [4.78, 5) is 28.0. The SMILES string of the molecule is CCN(CC)C(=O)N1CCN(CC(=O)O)CC1. The van der Waals surface area contributed by atoms with Crippen molar-refractivity contribution in [2.24, 2.45) is 0 Å². The number of carboxylic acid groups (broad SMARTS) is 1. The Hall–Kier alpha value is -1.30. The molecule has 1 heterocycles. The number of hydrogen-bond donors (Lipinski definition) is 1. The van der Waals surface area contributed by atoms with Crippen molar-refractivity contribution in [3.63, 3.8) is 0 Å². The van der Waals surface area contributed by atoms with Crippen LogP contribution in [0, 0.1) is 0 Å². The molecule has 1 aliphatic rings. The van der Waals surface area contributed by atoms with E-state index >= 15 is 0 Å². The Morgan fingerprint density at radius 1 is 1.12 bits per heavy atom. The van der Waals surface area contributed by atoms with E-state index in [-0.39, 0.29) is 12.6 Å². The fourth-order valence-corrected chi connectivity index (χ4v) is 1.98. The van der Waals surface area contributed by atoms with Crippen LogP contribution in [-0.2, 0) is 4.79 Å². The van der Waals surface area contributed by atoms with Crippen LogP contribution in [0.5, 0.6) is 0 Å². The highest BCUT2D eigenvalue weighted by atomic mass is 16.4. The van der Waals surface area contributed by atoms with Crippen molar-refractivity contribution < 1.29 is 14.7 Å². The van der Waals surface area contributed by atoms with E-state index in [4.69, 9.17) is 5.11 Å². The van der Waals surface area contributed by atoms with Gasteiger partial charge in [-0.1, -0.05) is 0 Å². The zero-order valence-electron chi connectivity index (χ0n) is 10.6. The van der Waals surface area contributed by atoms with Crippen molar-refractivity contribution in [1.82, 2.24) is 14.7 Å². The van der Waals surface area contributed by atoms with E-state index in [0.29, 0.717) is 39.3 Å². The second-order valence-electron chi connectivity index (χ2n) is 4.11. The third-order valence-electron chi connectivity index (χ3n) is 3.04. The van der Waals surface area contributed by atoms with Gasteiger partial charge in [0.05, 0.1) is 6.54 Å². The van der Waals surface area contributed by atoms with Crippen molar-refractivity contribution in [3.8, 4) is 0 Å². The van der Waals surface area contributed by atoms with Gasteiger partial charge in [0.25, 0.3) is 0 Å². The monoisotopic (exact) mass is 243 g/mol. The van der Waals surface area contributed by atoms with Crippen molar-refractivity contribution >= 4 is 12.0 Å². The predicted octanol–water partition coefficient (Wildman–Crippen LogP) is 0.150. The third-order valence-corrected chi connectivity index (χ3v) is 3.04. The molecule has 0 radical (unpaired) electrons. The largest absolute Gasteiger partial charge is 0.480 e. The van der Waals surface area contributed by atoms with E-state index in [1.54, 1.807) is 9.80 Å². The summed E-state index contributed by atoms with van der Waals surface area (Å²) in [5.74, 6) is -0.812. The molecule has 0 aromatic carbocycles. The molecule has 1 fully saturated rings. The van der Waals surface area contributed by atoms with Gasteiger partial charge >= 0.3 is 12.0 Å². The maximum Gasteiger partial charge on any atom is 0.320 e. The van der Waals surface area contributed by atoms with Crippen molar-refractivity contribution in [2.45, 2.75) is 13.8 Å². The highest BCUT2D eigenvalue weighted by molar-refractivity contribution is 5.74. The zero-order chi connectivity index (χ0) is 12.8. The number of carbonyl (C=O) groups excluding carboxylic acids is 1. The molecule has 2 amide bonds. The van der Waals surface area contributed by atoms with Gasteiger partial charge in [-0.15, -0.1) is 0 Å². The summed E-state index contributed by atoms with van der Waals surface area (Å²) in [5.41, 5.74) is 0. The lowest BCUT2D eigenvalue weighted by Crippen LogP contribution is -2.53. The Kier molecular flexibility index (Phi) is 5.21. The summed E-state index contributed by atoms with van der Waals surface area (Å²) >= 11 is 0. The van der Waals surface area contributed by atoms with Crippen molar-refractivity contribution in [3.05, 3.63) is 0 Å².